The Kier molecular flexibility index (Phi) is 7.05. The molecule has 186 valence electrons. The van der Waals surface area contributed by atoms with Crippen molar-refractivity contribution in [3.8, 4) is 0 Å². The first kappa shape index (κ1) is 24.8. The van der Waals surface area contributed by atoms with Gasteiger partial charge in [0.2, 0.25) is 0 Å². The minimum atomic E-state index is -0.133. The highest BCUT2D eigenvalue weighted by Crippen LogP contribution is 2.68. The van der Waals surface area contributed by atoms with Crippen molar-refractivity contribution in [1.82, 2.24) is 0 Å². The molecular formula is C29H46O4. The fraction of sp³-hybridized carbons (Fsp3) is 0.862. The number of fused-ring (bicyclic) bond motifs is 5. The minimum Gasteiger partial charge on any atom is -0.469 e. The molecule has 4 aliphatic carbocycles. The summed E-state index contributed by atoms with van der Waals surface area (Å²) in [6.45, 7) is 11.4. The molecule has 33 heavy (non-hydrogen) atoms. The van der Waals surface area contributed by atoms with Crippen LogP contribution in [-0.2, 0) is 19.1 Å². The van der Waals surface area contributed by atoms with Crippen LogP contribution in [0.4, 0.5) is 0 Å². The van der Waals surface area contributed by atoms with Crippen molar-refractivity contribution in [3.05, 3.63) is 11.6 Å². The molecule has 4 aliphatic rings. The first-order valence-corrected chi connectivity index (χ1v) is 13.6. The van der Waals surface area contributed by atoms with Gasteiger partial charge in [0.05, 0.1) is 7.11 Å². The maximum Gasteiger partial charge on any atom is 0.305 e. The summed E-state index contributed by atoms with van der Waals surface area (Å²) in [7, 11) is 1.50. The highest BCUT2D eigenvalue weighted by molar-refractivity contribution is 5.69. The Bertz CT molecular complexity index is 786. The van der Waals surface area contributed by atoms with E-state index in [2.05, 4.69) is 33.8 Å². The van der Waals surface area contributed by atoms with Crippen LogP contribution in [0.5, 0.6) is 0 Å². The van der Waals surface area contributed by atoms with E-state index in [9.17, 15) is 9.59 Å². The van der Waals surface area contributed by atoms with E-state index in [0.717, 1.165) is 37.5 Å². The molecule has 0 bridgehead atoms. The molecule has 0 saturated heterocycles. The van der Waals surface area contributed by atoms with Crippen LogP contribution in [0.3, 0.4) is 0 Å². The van der Waals surface area contributed by atoms with E-state index in [-0.39, 0.29) is 18.0 Å². The Morgan fingerprint density at radius 3 is 2.45 bits per heavy atom. The van der Waals surface area contributed by atoms with Gasteiger partial charge in [-0.2, -0.15) is 0 Å². The van der Waals surface area contributed by atoms with Crippen molar-refractivity contribution in [2.45, 2.75) is 105 Å². The maximum atomic E-state index is 11.7. The van der Waals surface area contributed by atoms with Gasteiger partial charge in [0, 0.05) is 13.3 Å². The number of carbonyl (C=O) groups is 2. The van der Waals surface area contributed by atoms with E-state index in [0.29, 0.717) is 40.9 Å². The summed E-state index contributed by atoms with van der Waals surface area (Å²) in [4.78, 5) is 23.4. The molecule has 0 aliphatic heterocycles. The molecule has 4 rings (SSSR count). The number of allylic oxidation sites excluding steroid dienone is 2. The highest BCUT2D eigenvalue weighted by Gasteiger charge is 2.60. The SMILES string of the molecule is CCC1=C[C@@H]2[C@H](CC[C@]3(C)[C@@H]([C@H](C)CCC(=O)OC)CC[C@@H]23)[C@@]2(C)CC[C@@H](OC(C)=O)C[C@@H]12. The lowest BCUT2D eigenvalue weighted by Crippen LogP contribution is -2.53. The molecule has 0 unspecified atom stereocenters. The number of esters is 2. The second kappa shape index (κ2) is 9.38. The number of rotatable bonds is 6. The topological polar surface area (TPSA) is 52.6 Å². The summed E-state index contributed by atoms with van der Waals surface area (Å²) in [6, 6.07) is 0. The zero-order valence-electron chi connectivity index (χ0n) is 21.8. The molecule has 4 heteroatoms. The first-order valence-electron chi connectivity index (χ1n) is 13.6. The van der Waals surface area contributed by atoms with Gasteiger partial charge in [0.15, 0.2) is 0 Å². The Balaban J connectivity index is 1.56. The van der Waals surface area contributed by atoms with Gasteiger partial charge >= 0.3 is 11.9 Å². The van der Waals surface area contributed by atoms with Gasteiger partial charge in [-0.15, -0.1) is 0 Å². The number of hydrogen-bond acceptors (Lipinski definition) is 4. The van der Waals surface area contributed by atoms with Gasteiger partial charge in [-0.3, -0.25) is 9.59 Å². The molecule has 0 heterocycles. The van der Waals surface area contributed by atoms with Crippen molar-refractivity contribution in [3.63, 3.8) is 0 Å². The van der Waals surface area contributed by atoms with E-state index in [1.165, 1.54) is 39.2 Å². The lowest BCUT2D eigenvalue weighted by Gasteiger charge is -2.60. The largest absolute Gasteiger partial charge is 0.469 e. The number of methoxy groups -OCH3 is 1. The Labute approximate surface area is 201 Å². The van der Waals surface area contributed by atoms with Crippen LogP contribution < -0.4 is 0 Å². The summed E-state index contributed by atoms with van der Waals surface area (Å²) in [6.07, 6.45) is 13.9. The Morgan fingerprint density at radius 1 is 1.09 bits per heavy atom. The van der Waals surface area contributed by atoms with Crippen molar-refractivity contribution in [2.75, 3.05) is 7.11 Å². The first-order chi connectivity index (χ1) is 15.6. The number of carbonyl (C=O) groups excluding carboxylic acids is 2. The molecule has 0 aromatic rings. The summed E-state index contributed by atoms with van der Waals surface area (Å²) < 4.78 is 10.6. The van der Waals surface area contributed by atoms with Gasteiger partial charge < -0.3 is 9.47 Å². The molecule has 3 saturated carbocycles. The van der Waals surface area contributed by atoms with Gasteiger partial charge in [-0.05, 0) is 104 Å². The molecule has 0 N–H and O–H groups in total. The average Bonchev–Trinajstić information content (AvgIpc) is 3.14. The van der Waals surface area contributed by atoms with Crippen LogP contribution in [0.15, 0.2) is 11.6 Å². The van der Waals surface area contributed by atoms with Gasteiger partial charge in [-0.1, -0.05) is 39.3 Å². The summed E-state index contributed by atoms with van der Waals surface area (Å²) in [5.74, 6) is 3.81. The monoisotopic (exact) mass is 458 g/mol. The molecule has 9 atom stereocenters. The van der Waals surface area contributed by atoms with Crippen LogP contribution in [0.1, 0.15) is 98.8 Å². The predicted octanol–water partition coefficient (Wildman–Crippen LogP) is 6.72. The highest BCUT2D eigenvalue weighted by atomic mass is 16.5. The zero-order valence-corrected chi connectivity index (χ0v) is 21.8. The summed E-state index contributed by atoms with van der Waals surface area (Å²) in [5, 5.41) is 0. The third-order valence-corrected chi connectivity index (χ3v) is 10.9. The molecule has 0 spiro atoms. The second-order valence-electron chi connectivity index (χ2n) is 12.3. The number of hydrogen-bond donors (Lipinski definition) is 0. The lowest BCUT2D eigenvalue weighted by molar-refractivity contribution is -0.153. The maximum absolute atomic E-state index is 11.7. The van der Waals surface area contributed by atoms with Crippen LogP contribution in [0.2, 0.25) is 0 Å². The second-order valence-corrected chi connectivity index (χ2v) is 12.3. The van der Waals surface area contributed by atoms with Gasteiger partial charge in [0.25, 0.3) is 0 Å². The van der Waals surface area contributed by atoms with E-state index >= 15 is 0 Å². The molecule has 0 amide bonds. The van der Waals surface area contributed by atoms with Crippen molar-refractivity contribution < 1.29 is 19.1 Å². The predicted molar refractivity (Wildman–Crippen MR) is 130 cm³/mol. The van der Waals surface area contributed by atoms with Crippen LogP contribution in [0.25, 0.3) is 0 Å². The van der Waals surface area contributed by atoms with Gasteiger partial charge in [-0.25, -0.2) is 0 Å². The summed E-state index contributed by atoms with van der Waals surface area (Å²) >= 11 is 0. The molecule has 0 aromatic heterocycles. The molecule has 0 aromatic carbocycles. The molecule has 3 fully saturated rings. The molecule has 4 nitrogen and oxygen atoms in total. The molecular weight excluding hydrogens is 412 g/mol. The van der Waals surface area contributed by atoms with Crippen LogP contribution in [0, 0.1) is 46.3 Å². The van der Waals surface area contributed by atoms with E-state index in [1.807, 2.05) is 0 Å². The van der Waals surface area contributed by atoms with Gasteiger partial charge in [0.1, 0.15) is 6.10 Å². The van der Waals surface area contributed by atoms with E-state index in [1.54, 1.807) is 12.5 Å². The summed E-state index contributed by atoms with van der Waals surface area (Å²) in [5.41, 5.74) is 2.34. The van der Waals surface area contributed by atoms with Crippen LogP contribution in [-0.4, -0.2) is 25.2 Å². The fourth-order valence-electron chi connectivity index (χ4n) is 9.21. The number of ether oxygens (including phenoxy) is 2. The normalized spacial score (nSPS) is 42.9. The van der Waals surface area contributed by atoms with E-state index < -0.39 is 0 Å². The Morgan fingerprint density at radius 2 is 1.79 bits per heavy atom. The zero-order chi connectivity index (χ0) is 24.0. The van der Waals surface area contributed by atoms with Crippen LogP contribution >= 0.6 is 0 Å². The smallest absolute Gasteiger partial charge is 0.305 e. The minimum absolute atomic E-state index is 0.0728. The standard InChI is InChI=1S/C29H46O4/c1-7-20-16-22-24-10-9-23(18(2)8-11-27(31)32-6)28(24,4)15-13-25(22)29(5)14-12-21(17-26(20)29)33-19(3)30/h16,18,21-26H,7-15,17H2,1-6H3/t18-,21-,22+,23-,24+,25+,26+,28-,29-/m1/s1. The third kappa shape index (κ3) is 4.29. The molecule has 0 radical (unpaired) electrons. The third-order valence-electron chi connectivity index (χ3n) is 10.9. The Hall–Kier alpha value is -1.32. The van der Waals surface area contributed by atoms with E-state index in [4.69, 9.17) is 9.47 Å². The quantitative estimate of drug-likeness (QED) is 0.327. The average molecular weight is 459 g/mol. The van der Waals surface area contributed by atoms with Crippen molar-refractivity contribution >= 4 is 11.9 Å². The lowest BCUT2D eigenvalue weighted by atomic mass is 9.45. The fourth-order valence-corrected chi connectivity index (χ4v) is 9.21. The van der Waals surface area contributed by atoms with Crippen molar-refractivity contribution in [2.24, 2.45) is 46.3 Å². The van der Waals surface area contributed by atoms with Crippen molar-refractivity contribution in [1.29, 1.82) is 0 Å².